The predicted molar refractivity (Wildman–Crippen MR) is 76.2 cm³/mol. The summed E-state index contributed by atoms with van der Waals surface area (Å²) in [6, 6.07) is 4.48. The molecule has 1 amide bonds. The normalized spacial score (nSPS) is 15.9. The van der Waals surface area contributed by atoms with Gasteiger partial charge in [0.25, 0.3) is 5.91 Å². The maximum Gasteiger partial charge on any atom is 0.254 e. The maximum atomic E-state index is 13.8. The number of hydrogen-bond donors (Lipinski definition) is 1. The van der Waals surface area contributed by atoms with Crippen LogP contribution in [0.25, 0.3) is 0 Å². The van der Waals surface area contributed by atoms with Gasteiger partial charge in [-0.3, -0.25) is 4.79 Å². The number of nitrogens with one attached hydrogen (secondary N) is 1. The number of aromatic nitrogens is 1. The van der Waals surface area contributed by atoms with Crippen LogP contribution < -0.4 is 5.32 Å². The highest BCUT2D eigenvalue weighted by atomic mass is 32.1. The molecule has 104 valence electrons. The lowest BCUT2D eigenvalue weighted by Gasteiger charge is -2.16. The zero-order chi connectivity index (χ0) is 14.1. The Morgan fingerprint density at radius 1 is 1.50 bits per heavy atom. The van der Waals surface area contributed by atoms with Crippen LogP contribution in [0.15, 0.2) is 29.8 Å². The number of benzene rings is 1. The van der Waals surface area contributed by atoms with Crippen LogP contribution in [0.4, 0.5) is 4.39 Å². The summed E-state index contributed by atoms with van der Waals surface area (Å²) in [7, 11) is 0. The first-order chi connectivity index (χ1) is 9.65. The lowest BCUT2D eigenvalue weighted by Crippen LogP contribution is -2.30. The van der Waals surface area contributed by atoms with Crippen molar-refractivity contribution in [1.29, 1.82) is 0 Å². The minimum atomic E-state index is -0.484. The molecule has 3 rings (SSSR count). The summed E-state index contributed by atoms with van der Waals surface area (Å²) >= 11 is 1.52. The van der Waals surface area contributed by atoms with Crippen LogP contribution in [0.2, 0.25) is 0 Å². The van der Waals surface area contributed by atoms with Crippen molar-refractivity contribution in [3.8, 4) is 0 Å². The number of aryl methyl sites for hydroxylation is 1. The van der Waals surface area contributed by atoms with Crippen molar-refractivity contribution in [2.45, 2.75) is 25.8 Å². The molecule has 0 aliphatic heterocycles. The second-order valence-electron chi connectivity index (χ2n) is 5.14. The van der Waals surface area contributed by atoms with Crippen molar-refractivity contribution in [3.63, 3.8) is 0 Å². The Hall–Kier alpha value is -1.75. The van der Waals surface area contributed by atoms with Crippen molar-refractivity contribution >= 4 is 17.2 Å². The number of amides is 1. The van der Waals surface area contributed by atoms with E-state index in [9.17, 15) is 9.18 Å². The molecule has 0 bridgehead atoms. The number of rotatable bonds is 4. The molecule has 1 N–H and O–H groups in total. The predicted octanol–water partition coefficient (Wildman–Crippen LogP) is 3.47. The lowest BCUT2D eigenvalue weighted by molar-refractivity contribution is 0.0927. The van der Waals surface area contributed by atoms with Crippen LogP contribution >= 0.6 is 11.3 Å². The van der Waals surface area contributed by atoms with Crippen molar-refractivity contribution in [3.05, 3.63) is 51.7 Å². The van der Waals surface area contributed by atoms with Crippen molar-refractivity contribution < 1.29 is 9.18 Å². The van der Waals surface area contributed by atoms with Crippen LogP contribution in [-0.4, -0.2) is 10.9 Å². The molecule has 0 unspecified atom stereocenters. The van der Waals surface area contributed by atoms with E-state index in [1.807, 2.05) is 12.3 Å². The van der Waals surface area contributed by atoms with E-state index < -0.39 is 5.82 Å². The number of carbonyl (C=O) groups excluding carboxylic acids is 1. The molecule has 0 spiro atoms. The molecule has 2 aromatic rings. The minimum absolute atomic E-state index is 0.0950. The van der Waals surface area contributed by atoms with Gasteiger partial charge in [0.05, 0.1) is 11.6 Å². The van der Waals surface area contributed by atoms with E-state index in [0.29, 0.717) is 5.92 Å². The van der Waals surface area contributed by atoms with Gasteiger partial charge in [-0.05, 0) is 37.8 Å². The summed E-state index contributed by atoms with van der Waals surface area (Å²) in [5, 5.41) is 5.72. The van der Waals surface area contributed by atoms with Gasteiger partial charge >= 0.3 is 0 Å². The van der Waals surface area contributed by atoms with Gasteiger partial charge < -0.3 is 5.32 Å². The zero-order valence-corrected chi connectivity index (χ0v) is 11.9. The second-order valence-corrected chi connectivity index (χ2v) is 6.07. The van der Waals surface area contributed by atoms with Gasteiger partial charge in [-0.15, -0.1) is 11.3 Å². The summed E-state index contributed by atoms with van der Waals surface area (Å²) in [6.45, 7) is 1.84. The standard InChI is InChI=1S/C15H15FN2OS/c1-9-2-5-12(16)11(8-9)14(19)18-13(10-3-4-10)15-17-6-7-20-15/h2,5-8,10,13H,3-4H2,1H3,(H,18,19)/t13-/m0/s1. The smallest absolute Gasteiger partial charge is 0.254 e. The molecular weight excluding hydrogens is 275 g/mol. The fraction of sp³-hybridized carbons (Fsp3) is 0.333. The molecule has 0 radical (unpaired) electrons. The fourth-order valence-electron chi connectivity index (χ4n) is 2.23. The van der Waals surface area contributed by atoms with Gasteiger partial charge in [-0.2, -0.15) is 0 Å². The molecule has 1 aliphatic rings. The number of thiazole rings is 1. The van der Waals surface area contributed by atoms with Crippen LogP contribution in [-0.2, 0) is 0 Å². The summed E-state index contributed by atoms with van der Waals surface area (Å²) in [5.41, 5.74) is 0.973. The van der Waals surface area contributed by atoms with Crippen LogP contribution in [0.3, 0.4) is 0 Å². The number of carbonyl (C=O) groups is 1. The van der Waals surface area contributed by atoms with Crippen LogP contribution in [0, 0.1) is 18.7 Å². The molecule has 0 saturated heterocycles. The molecule has 1 aromatic heterocycles. The SMILES string of the molecule is Cc1ccc(F)c(C(=O)N[C@H](c2nccs2)C2CC2)c1. The highest BCUT2D eigenvalue weighted by Gasteiger charge is 2.35. The van der Waals surface area contributed by atoms with Gasteiger partial charge in [0.1, 0.15) is 10.8 Å². The van der Waals surface area contributed by atoms with Crippen molar-refractivity contribution in [1.82, 2.24) is 10.3 Å². The highest BCUT2D eigenvalue weighted by molar-refractivity contribution is 7.09. The Morgan fingerprint density at radius 2 is 2.30 bits per heavy atom. The zero-order valence-electron chi connectivity index (χ0n) is 11.1. The molecular formula is C15H15FN2OS. The Kier molecular flexibility index (Phi) is 3.53. The summed E-state index contributed by atoms with van der Waals surface area (Å²) in [4.78, 5) is 16.6. The van der Waals surface area contributed by atoms with Crippen LogP contribution in [0.1, 0.15) is 39.8 Å². The Bertz CT molecular complexity index is 623. The van der Waals surface area contributed by atoms with E-state index in [0.717, 1.165) is 23.4 Å². The molecule has 20 heavy (non-hydrogen) atoms. The third-order valence-corrected chi connectivity index (χ3v) is 4.32. The molecule has 1 fully saturated rings. The molecule has 1 aliphatic carbocycles. The van der Waals surface area contributed by atoms with Gasteiger partial charge in [-0.1, -0.05) is 11.6 Å². The van der Waals surface area contributed by atoms with E-state index in [1.54, 1.807) is 18.3 Å². The first-order valence-corrected chi connectivity index (χ1v) is 7.49. The number of nitrogens with zero attached hydrogens (tertiary/aromatic N) is 1. The van der Waals surface area contributed by atoms with E-state index >= 15 is 0 Å². The molecule has 3 nitrogen and oxygen atoms in total. The van der Waals surface area contributed by atoms with Crippen molar-refractivity contribution in [2.75, 3.05) is 0 Å². The summed E-state index contributed by atoms with van der Waals surface area (Å²) < 4.78 is 13.8. The van der Waals surface area contributed by atoms with Crippen molar-refractivity contribution in [2.24, 2.45) is 5.92 Å². The quantitative estimate of drug-likeness (QED) is 0.936. The monoisotopic (exact) mass is 290 g/mol. The summed E-state index contributed by atoms with van der Waals surface area (Å²) in [5.74, 6) is -0.418. The number of hydrogen-bond acceptors (Lipinski definition) is 3. The fourth-order valence-corrected chi connectivity index (χ4v) is 3.01. The highest BCUT2D eigenvalue weighted by Crippen LogP contribution is 2.41. The topological polar surface area (TPSA) is 42.0 Å². The second kappa shape index (κ2) is 5.32. The third-order valence-electron chi connectivity index (χ3n) is 3.46. The van der Waals surface area contributed by atoms with E-state index in [-0.39, 0.29) is 17.5 Å². The molecule has 1 saturated carbocycles. The Morgan fingerprint density at radius 3 is 2.95 bits per heavy atom. The van der Waals surface area contributed by atoms with Crippen LogP contribution in [0.5, 0.6) is 0 Å². The first kappa shape index (κ1) is 13.2. The minimum Gasteiger partial charge on any atom is -0.342 e. The van der Waals surface area contributed by atoms with E-state index in [1.165, 1.54) is 17.4 Å². The molecule has 1 aromatic carbocycles. The van der Waals surface area contributed by atoms with E-state index in [4.69, 9.17) is 0 Å². The lowest BCUT2D eigenvalue weighted by atomic mass is 10.1. The van der Waals surface area contributed by atoms with Gasteiger partial charge in [0, 0.05) is 11.6 Å². The maximum absolute atomic E-state index is 13.8. The Balaban J connectivity index is 1.82. The molecule has 1 atom stereocenters. The van der Waals surface area contributed by atoms with Gasteiger partial charge in [0.2, 0.25) is 0 Å². The average Bonchev–Trinajstić information content (AvgIpc) is 3.13. The summed E-state index contributed by atoms with van der Waals surface area (Å²) in [6.07, 6.45) is 3.90. The molecule has 5 heteroatoms. The third kappa shape index (κ3) is 2.72. The average molecular weight is 290 g/mol. The molecule has 1 heterocycles. The number of halogens is 1. The van der Waals surface area contributed by atoms with Gasteiger partial charge in [-0.25, -0.2) is 9.37 Å². The first-order valence-electron chi connectivity index (χ1n) is 6.61. The van der Waals surface area contributed by atoms with Gasteiger partial charge in [0.15, 0.2) is 0 Å². The largest absolute Gasteiger partial charge is 0.342 e. The van der Waals surface area contributed by atoms with E-state index in [2.05, 4.69) is 10.3 Å². The Labute approximate surface area is 120 Å².